The van der Waals surface area contributed by atoms with Crippen LogP contribution >= 0.6 is 0 Å². The average Bonchev–Trinajstić information content (AvgIpc) is 3.35. The standard InChI is InChI=1S/C21H25N3O3/c1-5-6-10-27-21(25)20-13(2)16(23-14(20)3)11-18-19(26-4)12-17(24-18)15-8-7-9-22-15/h7-9,11-12,22-23H,5-6,10H2,1-4H3/b18-11-. The van der Waals surface area contributed by atoms with Gasteiger partial charge in [0.15, 0.2) is 0 Å². The van der Waals surface area contributed by atoms with Gasteiger partial charge in [0.1, 0.15) is 11.5 Å². The van der Waals surface area contributed by atoms with Gasteiger partial charge in [0, 0.05) is 23.7 Å². The van der Waals surface area contributed by atoms with E-state index in [0.717, 1.165) is 41.2 Å². The van der Waals surface area contributed by atoms with Crippen LogP contribution in [0.5, 0.6) is 0 Å². The Bertz CT molecular complexity index is 915. The zero-order chi connectivity index (χ0) is 19.4. The topological polar surface area (TPSA) is 79.5 Å². The van der Waals surface area contributed by atoms with Gasteiger partial charge in [-0.3, -0.25) is 0 Å². The van der Waals surface area contributed by atoms with Crippen molar-refractivity contribution in [1.29, 1.82) is 0 Å². The number of hydrogen-bond acceptors (Lipinski definition) is 4. The molecule has 0 atom stereocenters. The Morgan fingerprint density at radius 1 is 1.33 bits per heavy atom. The molecule has 27 heavy (non-hydrogen) atoms. The molecule has 1 aliphatic heterocycles. The second-order valence-corrected chi connectivity index (χ2v) is 6.48. The van der Waals surface area contributed by atoms with Gasteiger partial charge in [0.05, 0.1) is 30.7 Å². The van der Waals surface area contributed by atoms with Gasteiger partial charge < -0.3 is 19.4 Å². The molecule has 0 radical (unpaired) electrons. The molecule has 0 aliphatic carbocycles. The van der Waals surface area contributed by atoms with E-state index in [1.54, 1.807) is 7.11 Å². The summed E-state index contributed by atoms with van der Waals surface area (Å²) >= 11 is 0. The second-order valence-electron chi connectivity index (χ2n) is 6.48. The number of allylic oxidation sites excluding steroid dienone is 1. The number of aromatic amines is 2. The number of hydrogen-bond donors (Lipinski definition) is 2. The lowest BCUT2D eigenvalue weighted by molar-refractivity contribution is 0.0498. The van der Waals surface area contributed by atoms with Crippen molar-refractivity contribution in [1.82, 2.24) is 9.97 Å². The molecular formula is C21H25N3O3. The summed E-state index contributed by atoms with van der Waals surface area (Å²) in [5.74, 6) is 0.391. The minimum Gasteiger partial charge on any atom is -0.494 e. The Labute approximate surface area is 159 Å². The van der Waals surface area contributed by atoms with Gasteiger partial charge in [-0.25, -0.2) is 9.79 Å². The highest BCUT2D eigenvalue weighted by Gasteiger charge is 2.21. The lowest BCUT2D eigenvalue weighted by Gasteiger charge is -2.04. The van der Waals surface area contributed by atoms with E-state index < -0.39 is 0 Å². The number of aryl methyl sites for hydroxylation is 1. The molecule has 3 heterocycles. The van der Waals surface area contributed by atoms with Crippen LogP contribution in [-0.4, -0.2) is 35.4 Å². The van der Waals surface area contributed by atoms with Crippen molar-refractivity contribution in [2.45, 2.75) is 33.6 Å². The highest BCUT2D eigenvalue weighted by molar-refractivity contribution is 6.11. The summed E-state index contributed by atoms with van der Waals surface area (Å²) in [4.78, 5) is 23.5. The first kappa shape index (κ1) is 18.8. The van der Waals surface area contributed by atoms with Crippen molar-refractivity contribution in [3.63, 3.8) is 0 Å². The number of methoxy groups -OCH3 is 1. The maximum atomic E-state index is 12.4. The van der Waals surface area contributed by atoms with Gasteiger partial charge in [0.25, 0.3) is 0 Å². The number of carbonyl (C=O) groups excluding carboxylic acids is 1. The third-order valence-electron chi connectivity index (χ3n) is 4.55. The fraction of sp³-hybridized carbons (Fsp3) is 0.333. The number of carbonyl (C=O) groups is 1. The predicted molar refractivity (Wildman–Crippen MR) is 106 cm³/mol. The number of aliphatic imine (C=N–C) groups is 1. The van der Waals surface area contributed by atoms with Gasteiger partial charge in [-0.15, -0.1) is 0 Å². The molecule has 2 N–H and O–H groups in total. The van der Waals surface area contributed by atoms with Crippen LogP contribution in [0.25, 0.3) is 6.08 Å². The van der Waals surface area contributed by atoms with Crippen molar-refractivity contribution in [3.8, 4) is 0 Å². The third-order valence-corrected chi connectivity index (χ3v) is 4.55. The number of esters is 1. The zero-order valence-electron chi connectivity index (χ0n) is 16.2. The van der Waals surface area contributed by atoms with E-state index in [-0.39, 0.29) is 5.97 Å². The summed E-state index contributed by atoms with van der Waals surface area (Å²) in [6, 6.07) is 3.88. The number of nitrogens with one attached hydrogen (secondary N) is 2. The van der Waals surface area contributed by atoms with E-state index in [4.69, 9.17) is 9.47 Å². The fourth-order valence-corrected chi connectivity index (χ4v) is 3.05. The molecule has 0 aromatic carbocycles. The molecule has 0 spiro atoms. The van der Waals surface area contributed by atoms with Gasteiger partial charge in [0.2, 0.25) is 0 Å². The van der Waals surface area contributed by atoms with E-state index >= 15 is 0 Å². The van der Waals surface area contributed by atoms with Crippen LogP contribution in [-0.2, 0) is 9.47 Å². The first-order valence-electron chi connectivity index (χ1n) is 9.11. The molecule has 3 rings (SSSR count). The summed E-state index contributed by atoms with van der Waals surface area (Å²) in [6.45, 7) is 6.29. The van der Waals surface area contributed by atoms with Crippen LogP contribution in [0.15, 0.2) is 40.9 Å². The number of H-pyrrole nitrogens is 2. The van der Waals surface area contributed by atoms with Crippen LogP contribution in [0.3, 0.4) is 0 Å². The smallest absolute Gasteiger partial charge is 0.340 e. The number of rotatable bonds is 7. The van der Waals surface area contributed by atoms with Crippen LogP contribution in [0.4, 0.5) is 0 Å². The Morgan fingerprint density at radius 3 is 2.81 bits per heavy atom. The minimum absolute atomic E-state index is 0.288. The summed E-state index contributed by atoms with van der Waals surface area (Å²) in [7, 11) is 1.62. The largest absolute Gasteiger partial charge is 0.494 e. The van der Waals surface area contributed by atoms with Crippen molar-refractivity contribution in [3.05, 3.63) is 64.1 Å². The number of ether oxygens (including phenoxy) is 2. The maximum Gasteiger partial charge on any atom is 0.340 e. The van der Waals surface area contributed by atoms with Crippen LogP contribution in [0.1, 0.15) is 52.8 Å². The second kappa shape index (κ2) is 8.12. The third kappa shape index (κ3) is 3.89. The van der Waals surface area contributed by atoms with Crippen molar-refractivity contribution < 1.29 is 14.3 Å². The van der Waals surface area contributed by atoms with E-state index in [0.29, 0.717) is 23.6 Å². The quantitative estimate of drug-likeness (QED) is 0.566. The van der Waals surface area contributed by atoms with Crippen molar-refractivity contribution >= 4 is 17.8 Å². The molecular weight excluding hydrogens is 342 g/mol. The maximum absolute atomic E-state index is 12.4. The molecule has 142 valence electrons. The number of unbranched alkanes of at least 4 members (excludes halogenated alkanes) is 1. The lowest BCUT2D eigenvalue weighted by Crippen LogP contribution is -2.08. The van der Waals surface area contributed by atoms with Gasteiger partial charge >= 0.3 is 5.97 Å². The Hall–Kier alpha value is -3.02. The normalized spacial score (nSPS) is 15.0. The van der Waals surface area contributed by atoms with Gasteiger partial charge in [-0.1, -0.05) is 13.3 Å². The lowest BCUT2D eigenvalue weighted by atomic mass is 10.1. The molecule has 0 saturated carbocycles. The molecule has 0 bridgehead atoms. The molecule has 2 aromatic rings. The monoisotopic (exact) mass is 367 g/mol. The Morgan fingerprint density at radius 2 is 2.15 bits per heavy atom. The van der Waals surface area contributed by atoms with E-state index in [9.17, 15) is 4.79 Å². The predicted octanol–water partition coefficient (Wildman–Crippen LogP) is 4.29. The summed E-state index contributed by atoms with van der Waals surface area (Å²) < 4.78 is 10.8. The minimum atomic E-state index is -0.288. The first-order chi connectivity index (χ1) is 13.0. The zero-order valence-corrected chi connectivity index (χ0v) is 16.2. The highest BCUT2D eigenvalue weighted by atomic mass is 16.5. The number of aromatic nitrogens is 2. The number of nitrogens with zero attached hydrogens (tertiary/aromatic N) is 1. The van der Waals surface area contributed by atoms with Crippen LogP contribution in [0, 0.1) is 13.8 Å². The molecule has 0 saturated heterocycles. The molecule has 0 amide bonds. The van der Waals surface area contributed by atoms with Crippen LogP contribution in [0.2, 0.25) is 0 Å². The summed E-state index contributed by atoms with van der Waals surface area (Å²) in [5, 5.41) is 0. The Kier molecular flexibility index (Phi) is 5.64. The molecule has 0 unspecified atom stereocenters. The highest BCUT2D eigenvalue weighted by Crippen LogP contribution is 2.27. The SMILES string of the molecule is CCCCOC(=O)c1c(C)[nH]c(/C=C2\N=C(c3ccc[nH]3)C=C2OC)c1C. The van der Waals surface area contributed by atoms with Crippen LogP contribution < -0.4 is 0 Å². The summed E-state index contributed by atoms with van der Waals surface area (Å²) in [6.07, 6.45) is 7.50. The van der Waals surface area contributed by atoms with E-state index in [2.05, 4.69) is 21.9 Å². The molecule has 0 fully saturated rings. The fourth-order valence-electron chi connectivity index (χ4n) is 3.05. The van der Waals surface area contributed by atoms with E-state index in [1.165, 1.54) is 0 Å². The Balaban J connectivity index is 1.90. The first-order valence-corrected chi connectivity index (χ1v) is 9.11. The van der Waals surface area contributed by atoms with Crippen molar-refractivity contribution in [2.75, 3.05) is 13.7 Å². The molecule has 6 heteroatoms. The molecule has 6 nitrogen and oxygen atoms in total. The molecule has 1 aliphatic rings. The van der Waals surface area contributed by atoms with Gasteiger partial charge in [-0.2, -0.15) is 0 Å². The average molecular weight is 367 g/mol. The van der Waals surface area contributed by atoms with E-state index in [1.807, 2.05) is 44.3 Å². The molecule has 2 aromatic heterocycles. The van der Waals surface area contributed by atoms with Crippen molar-refractivity contribution in [2.24, 2.45) is 4.99 Å². The summed E-state index contributed by atoms with van der Waals surface area (Å²) in [5.41, 5.74) is 5.49. The van der Waals surface area contributed by atoms with Gasteiger partial charge in [-0.05, 0) is 44.0 Å².